The highest BCUT2D eigenvalue weighted by Gasteiger charge is 2.42. The van der Waals surface area contributed by atoms with E-state index in [1.54, 1.807) is 18.3 Å². The molecule has 0 unspecified atom stereocenters. The first kappa shape index (κ1) is 21.6. The number of likely N-dealkylation sites (tertiary alicyclic amines) is 1. The first-order valence-corrected chi connectivity index (χ1v) is 11.4. The average molecular weight is 448 g/mol. The Hall–Kier alpha value is -2.26. The van der Waals surface area contributed by atoms with Crippen LogP contribution < -0.4 is 5.32 Å². The quantitative estimate of drug-likeness (QED) is 0.745. The van der Waals surface area contributed by atoms with Crippen molar-refractivity contribution in [3.05, 3.63) is 36.2 Å². The van der Waals surface area contributed by atoms with Gasteiger partial charge in [0.15, 0.2) is 5.82 Å². The van der Waals surface area contributed by atoms with E-state index in [-0.39, 0.29) is 17.6 Å². The Labute approximate surface area is 185 Å². The van der Waals surface area contributed by atoms with Gasteiger partial charge in [-0.1, -0.05) is 0 Å². The van der Waals surface area contributed by atoms with Gasteiger partial charge in [0.2, 0.25) is 0 Å². The lowest BCUT2D eigenvalue weighted by molar-refractivity contribution is -0.137. The van der Waals surface area contributed by atoms with E-state index in [0.29, 0.717) is 23.3 Å². The molecule has 0 aromatic carbocycles. The van der Waals surface area contributed by atoms with Crippen LogP contribution in [0.3, 0.4) is 0 Å². The molecule has 0 amide bonds. The molecule has 9 heteroatoms. The Morgan fingerprint density at radius 3 is 2.50 bits per heavy atom. The first-order valence-electron chi connectivity index (χ1n) is 11.4. The summed E-state index contributed by atoms with van der Waals surface area (Å²) in [6.07, 6.45) is 2.55. The molecule has 2 saturated heterocycles. The van der Waals surface area contributed by atoms with Gasteiger partial charge < -0.3 is 15.0 Å². The maximum Gasteiger partial charge on any atom is 0.420 e. The molecule has 2 aromatic rings. The molecule has 4 heterocycles. The Morgan fingerprint density at radius 1 is 1.09 bits per heavy atom. The molecule has 0 spiro atoms. The summed E-state index contributed by atoms with van der Waals surface area (Å²) in [5, 5.41) is 11.1. The van der Waals surface area contributed by atoms with Crippen molar-refractivity contribution in [2.45, 2.75) is 37.9 Å². The Bertz CT molecular complexity index is 906. The molecule has 3 aliphatic rings. The third-order valence-electron chi connectivity index (χ3n) is 7.08. The van der Waals surface area contributed by atoms with Crippen LogP contribution in [0.5, 0.6) is 0 Å². The Kier molecular flexibility index (Phi) is 6.03. The smallest absolute Gasteiger partial charge is 0.381 e. The summed E-state index contributed by atoms with van der Waals surface area (Å²) in [6, 6.07) is 4.40. The molecule has 3 fully saturated rings. The number of rotatable bonds is 5. The fraction of sp³-hybridized carbons (Fsp3) is 0.609. The van der Waals surface area contributed by atoms with Crippen LogP contribution in [0.25, 0.3) is 11.3 Å². The fourth-order valence-corrected chi connectivity index (χ4v) is 5.52. The van der Waals surface area contributed by atoms with Gasteiger partial charge in [-0.3, -0.25) is 4.98 Å². The van der Waals surface area contributed by atoms with E-state index in [2.05, 4.69) is 25.4 Å². The van der Waals surface area contributed by atoms with E-state index in [1.807, 2.05) is 0 Å². The van der Waals surface area contributed by atoms with Gasteiger partial charge in [0.1, 0.15) is 5.56 Å². The number of alkyl halides is 3. The number of hydrogen-bond donors (Lipinski definition) is 1. The van der Waals surface area contributed by atoms with Crippen molar-refractivity contribution in [1.82, 2.24) is 20.1 Å². The van der Waals surface area contributed by atoms with E-state index in [9.17, 15) is 13.2 Å². The average Bonchev–Trinajstić information content (AvgIpc) is 3.32. The predicted molar refractivity (Wildman–Crippen MR) is 114 cm³/mol. The molecule has 5 rings (SSSR count). The van der Waals surface area contributed by atoms with Gasteiger partial charge in [-0.05, 0) is 61.6 Å². The monoisotopic (exact) mass is 447 g/mol. The zero-order valence-corrected chi connectivity index (χ0v) is 17.9. The van der Waals surface area contributed by atoms with E-state index in [4.69, 9.17) is 4.74 Å². The molecule has 6 nitrogen and oxygen atoms in total. The van der Waals surface area contributed by atoms with Crippen molar-refractivity contribution in [3.8, 4) is 11.3 Å². The summed E-state index contributed by atoms with van der Waals surface area (Å²) >= 11 is 0. The summed E-state index contributed by atoms with van der Waals surface area (Å²) in [6.45, 7) is 4.92. The molecule has 172 valence electrons. The lowest BCUT2D eigenvalue weighted by Crippen LogP contribution is -2.32. The molecule has 1 saturated carbocycles. The highest BCUT2D eigenvalue weighted by atomic mass is 19.4. The standard InChI is InChI=1S/C23H28F3N5O/c24-23(25,26)20-10-21(16-2-1-5-27-11-16)29-30-22(20)28-19-8-17-13-31(14-18(17)9-19)12-15-3-6-32-7-4-15/h1-2,5,10-11,15,17-19H,3-4,6-9,12-14H2,(H,28,30)/t17-,18-/m1/s1. The number of fused-ring (bicyclic) bond motifs is 1. The highest BCUT2D eigenvalue weighted by molar-refractivity contribution is 5.61. The number of pyridine rings is 1. The van der Waals surface area contributed by atoms with Crippen molar-refractivity contribution < 1.29 is 17.9 Å². The van der Waals surface area contributed by atoms with Gasteiger partial charge in [0.25, 0.3) is 0 Å². The lowest BCUT2D eigenvalue weighted by atomic mass is 10.00. The SMILES string of the molecule is FC(F)(F)c1cc(-c2cccnc2)nnc1NC1C[C@@H]2CN(CC3CCOCC3)C[C@H]2C1. The summed E-state index contributed by atoms with van der Waals surface area (Å²) in [4.78, 5) is 6.51. The van der Waals surface area contributed by atoms with Crippen LogP contribution in [-0.2, 0) is 10.9 Å². The van der Waals surface area contributed by atoms with Gasteiger partial charge in [-0.15, -0.1) is 10.2 Å². The van der Waals surface area contributed by atoms with Crippen LogP contribution in [0, 0.1) is 17.8 Å². The molecule has 2 aliphatic heterocycles. The first-order chi connectivity index (χ1) is 15.5. The van der Waals surface area contributed by atoms with E-state index in [0.717, 1.165) is 64.6 Å². The molecular weight excluding hydrogens is 419 g/mol. The van der Waals surface area contributed by atoms with Crippen LogP contribution in [0.2, 0.25) is 0 Å². The second-order valence-electron chi connectivity index (χ2n) is 9.34. The van der Waals surface area contributed by atoms with Crippen molar-refractivity contribution in [1.29, 1.82) is 0 Å². The Balaban J connectivity index is 1.23. The number of hydrogen-bond acceptors (Lipinski definition) is 6. The van der Waals surface area contributed by atoms with Crippen molar-refractivity contribution >= 4 is 5.82 Å². The molecule has 0 radical (unpaired) electrons. The molecule has 32 heavy (non-hydrogen) atoms. The largest absolute Gasteiger partial charge is 0.420 e. The van der Waals surface area contributed by atoms with Gasteiger partial charge in [-0.2, -0.15) is 13.2 Å². The summed E-state index contributed by atoms with van der Waals surface area (Å²) in [5.74, 6) is 1.60. The van der Waals surface area contributed by atoms with Crippen LogP contribution in [0.4, 0.5) is 19.0 Å². The zero-order valence-electron chi connectivity index (χ0n) is 17.9. The number of ether oxygens (including phenoxy) is 1. The van der Waals surface area contributed by atoms with Gasteiger partial charge in [0.05, 0.1) is 5.69 Å². The molecule has 2 aromatic heterocycles. The maximum absolute atomic E-state index is 13.8. The second kappa shape index (κ2) is 8.94. The van der Waals surface area contributed by atoms with E-state index < -0.39 is 11.7 Å². The molecule has 1 aliphatic carbocycles. The number of halogens is 3. The number of anilines is 1. The minimum absolute atomic E-state index is 0.00475. The second-order valence-corrected chi connectivity index (χ2v) is 9.34. The highest BCUT2D eigenvalue weighted by Crippen LogP contribution is 2.41. The van der Waals surface area contributed by atoms with Gasteiger partial charge >= 0.3 is 6.18 Å². The van der Waals surface area contributed by atoms with Crippen molar-refractivity contribution in [3.63, 3.8) is 0 Å². The number of aromatic nitrogens is 3. The lowest BCUT2D eigenvalue weighted by Gasteiger charge is -2.28. The van der Waals surface area contributed by atoms with Crippen LogP contribution in [-0.4, -0.2) is 59.0 Å². The number of nitrogens with zero attached hydrogens (tertiary/aromatic N) is 4. The predicted octanol–water partition coefficient (Wildman–Crippen LogP) is 4.11. The summed E-state index contributed by atoms with van der Waals surface area (Å²) in [5.41, 5.74) is -0.0929. The fourth-order valence-electron chi connectivity index (χ4n) is 5.52. The Morgan fingerprint density at radius 2 is 1.84 bits per heavy atom. The van der Waals surface area contributed by atoms with Crippen molar-refractivity contribution in [2.24, 2.45) is 17.8 Å². The minimum Gasteiger partial charge on any atom is -0.381 e. The maximum atomic E-state index is 13.8. The van der Waals surface area contributed by atoms with Gasteiger partial charge in [0, 0.05) is 56.8 Å². The molecule has 0 bridgehead atoms. The van der Waals surface area contributed by atoms with Crippen LogP contribution >= 0.6 is 0 Å². The van der Waals surface area contributed by atoms with Crippen LogP contribution in [0.1, 0.15) is 31.2 Å². The van der Waals surface area contributed by atoms with Crippen molar-refractivity contribution in [2.75, 3.05) is 38.2 Å². The normalized spacial score (nSPS) is 25.2. The number of nitrogens with one attached hydrogen (secondary N) is 1. The third-order valence-corrected chi connectivity index (χ3v) is 7.08. The zero-order chi connectivity index (χ0) is 22.1. The third kappa shape index (κ3) is 4.73. The molecule has 2 atom stereocenters. The molecule has 1 N–H and O–H groups in total. The van der Waals surface area contributed by atoms with Gasteiger partial charge in [-0.25, -0.2) is 0 Å². The minimum atomic E-state index is -4.51. The van der Waals surface area contributed by atoms with E-state index in [1.165, 1.54) is 6.20 Å². The topological polar surface area (TPSA) is 63.2 Å². The van der Waals surface area contributed by atoms with Crippen LogP contribution in [0.15, 0.2) is 30.6 Å². The summed E-state index contributed by atoms with van der Waals surface area (Å²) in [7, 11) is 0. The van der Waals surface area contributed by atoms with E-state index >= 15 is 0 Å². The summed E-state index contributed by atoms with van der Waals surface area (Å²) < 4.78 is 46.8. The molecular formula is C23H28F3N5O.